The smallest absolute Gasteiger partial charge is 0.294 e. The third-order valence-corrected chi connectivity index (χ3v) is 5.21. The number of benzene rings is 1. The van der Waals surface area contributed by atoms with E-state index in [1.54, 1.807) is 12.1 Å². The van der Waals surface area contributed by atoms with Crippen LogP contribution in [-0.2, 0) is 21.3 Å². The van der Waals surface area contributed by atoms with E-state index in [0.29, 0.717) is 6.42 Å². The van der Waals surface area contributed by atoms with Gasteiger partial charge in [0.2, 0.25) is 0 Å². The molecule has 5 heteroatoms. The Hall–Kier alpha value is -0.910. The number of hydrogen-bond acceptors (Lipinski definition) is 3. The SMILES string of the molecule is C1CO1.CCCCCCCCCCCCc1ccccc1S(=O)(=O)O. The van der Waals surface area contributed by atoms with Crippen LogP contribution in [0.3, 0.4) is 0 Å². The van der Waals surface area contributed by atoms with Crippen LogP contribution in [0.25, 0.3) is 0 Å². The third kappa shape index (κ3) is 12.1. The quantitative estimate of drug-likeness (QED) is 0.303. The monoisotopic (exact) mass is 370 g/mol. The summed E-state index contributed by atoms with van der Waals surface area (Å²) in [5.41, 5.74) is 0.726. The molecule has 0 radical (unpaired) electrons. The Bertz CT molecular complexity index is 550. The minimum atomic E-state index is -4.10. The van der Waals surface area contributed by atoms with Crippen molar-refractivity contribution in [3.63, 3.8) is 0 Å². The highest BCUT2D eigenvalue weighted by Crippen LogP contribution is 2.18. The van der Waals surface area contributed by atoms with Crippen LogP contribution < -0.4 is 0 Å². The largest absolute Gasteiger partial charge is 0.377 e. The van der Waals surface area contributed by atoms with E-state index in [1.807, 2.05) is 6.07 Å². The molecule has 4 nitrogen and oxygen atoms in total. The van der Waals surface area contributed by atoms with Crippen LogP contribution in [0, 0.1) is 0 Å². The van der Waals surface area contributed by atoms with E-state index >= 15 is 0 Å². The molecule has 1 aliphatic rings. The molecule has 0 unspecified atom stereocenters. The Morgan fingerprint density at radius 2 is 1.36 bits per heavy atom. The fourth-order valence-electron chi connectivity index (χ4n) is 2.76. The predicted molar refractivity (Wildman–Crippen MR) is 103 cm³/mol. The van der Waals surface area contributed by atoms with Crippen LogP contribution >= 0.6 is 0 Å². The first-order valence-corrected chi connectivity index (χ1v) is 11.1. The van der Waals surface area contributed by atoms with E-state index in [9.17, 15) is 13.0 Å². The molecule has 0 amide bonds. The Morgan fingerprint density at radius 3 is 1.84 bits per heavy atom. The predicted octanol–water partition coefficient (Wildman–Crippen LogP) is 5.41. The second kappa shape index (κ2) is 13.3. The van der Waals surface area contributed by atoms with Crippen molar-refractivity contribution in [2.75, 3.05) is 13.2 Å². The van der Waals surface area contributed by atoms with Gasteiger partial charge in [-0.3, -0.25) is 4.55 Å². The Kier molecular flexibility index (Phi) is 11.8. The summed E-state index contributed by atoms with van der Waals surface area (Å²) in [6.45, 7) is 4.24. The molecule has 0 bridgehead atoms. The number of ether oxygens (including phenoxy) is 1. The van der Waals surface area contributed by atoms with Crippen LogP contribution in [0.15, 0.2) is 29.2 Å². The average molecular weight is 371 g/mol. The summed E-state index contributed by atoms with van der Waals surface area (Å²) in [7, 11) is -4.10. The lowest BCUT2D eigenvalue weighted by molar-refractivity contribution is 0.475. The van der Waals surface area contributed by atoms with Gasteiger partial charge in [-0.2, -0.15) is 8.42 Å². The van der Waals surface area contributed by atoms with E-state index in [2.05, 4.69) is 11.7 Å². The fourth-order valence-corrected chi connectivity index (χ4v) is 3.52. The van der Waals surface area contributed by atoms with E-state index in [-0.39, 0.29) is 4.90 Å². The van der Waals surface area contributed by atoms with Gasteiger partial charge in [-0.15, -0.1) is 0 Å². The molecule has 1 aromatic rings. The number of aryl methyl sites for hydroxylation is 1. The van der Waals surface area contributed by atoms with Crippen molar-refractivity contribution in [3.8, 4) is 0 Å². The van der Waals surface area contributed by atoms with Crippen molar-refractivity contribution in [1.82, 2.24) is 0 Å². The van der Waals surface area contributed by atoms with Crippen molar-refractivity contribution in [3.05, 3.63) is 29.8 Å². The van der Waals surface area contributed by atoms with Gasteiger partial charge in [0.05, 0.1) is 18.1 Å². The maximum Gasteiger partial charge on any atom is 0.294 e. The van der Waals surface area contributed by atoms with E-state index in [0.717, 1.165) is 31.6 Å². The van der Waals surface area contributed by atoms with Gasteiger partial charge < -0.3 is 4.74 Å². The topological polar surface area (TPSA) is 66.9 Å². The third-order valence-electron chi connectivity index (χ3n) is 4.25. The lowest BCUT2D eigenvalue weighted by atomic mass is 10.0. The molecule has 25 heavy (non-hydrogen) atoms. The fraction of sp³-hybridized carbons (Fsp3) is 0.700. The maximum atomic E-state index is 11.3. The lowest BCUT2D eigenvalue weighted by Crippen LogP contribution is -2.03. The van der Waals surface area contributed by atoms with Crippen LogP contribution in [0.4, 0.5) is 0 Å². The zero-order valence-electron chi connectivity index (χ0n) is 15.6. The summed E-state index contributed by atoms with van der Waals surface area (Å²) in [4.78, 5) is 0.0610. The van der Waals surface area contributed by atoms with Crippen molar-refractivity contribution in [2.24, 2.45) is 0 Å². The number of epoxide rings is 1. The van der Waals surface area contributed by atoms with Crippen molar-refractivity contribution >= 4 is 10.1 Å². The molecular weight excluding hydrogens is 336 g/mol. The summed E-state index contributed by atoms with van der Waals surface area (Å²) >= 11 is 0. The highest BCUT2D eigenvalue weighted by atomic mass is 32.2. The zero-order valence-corrected chi connectivity index (χ0v) is 16.4. The lowest BCUT2D eigenvalue weighted by Gasteiger charge is -2.07. The molecule has 0 atom stereocenters. The average Bonchev–Trinajstić information content (AvgIpc) is 3.45. The number of hydrogen-bond donors (Lipinski definition) is 1. The Balaban J connectivity index is 0.000000934. The van der Waals surface area contributed by atoms with Crippen LogP contribution in [0.1, 0.15) is 76.7 Å². The summed E-state index contributed by atoms with van der Waals surface area (Å²) in [6.07, 6.45) is 13.3. The molecule has 1 saturated heterocycles. The highest BCUT2D eigenvalue weighted by Gasteiger charge is 2.13. The normalized spacial score (nSPS) is 13.2. The molecule has 1 heterocycles. The molecule has 0 aromatic heterocycles. The van der Waals surface area contributed by atoms with Gasteiger partial charge in [0.1, 0.15) is 0 Å². The van der Waals surface area contributed by atoms with Gasteiger partial charge in [-0.05, 0) is 24.5 Å². The molecule has 0 aliphatic carbocycles. The van der Waals surface area contributed by atoms with Gasteiger partial charge in [0.15, 0.2) is 0 Å². The Morgan fingerprint density at radius 1 is 0.880 bits per heavy atom. The first kappa shape index (κ1) is 22.1. The minimum Gasteiger partial charge on any atom is -0.377 e. The summed E-state index contributed by atoms with van der Waals surface area (Å²) < 4.78 is 36.3. The van der Waals surface area contributed by atoms with Crippen LogP contribution in [0.5, 0.6) is 0 Å². The van der Waals surface area contributed by atoms with Gasteiger partial charge in [-0.1, -0.05) is 82.9 Å². The number of rotatable bonds is 12. The molecule has 0 saturated carbocycles. The molecule has 0 spiro atoms. The minimum absolute atomic E-state index is 0.0610. The molecule has 1 aliphatic heterocycles. The number of unbranched alkanes of at least 4 members (excludes halogenated alkanes) is 9. The highest BCUT2D eigenvalue weighted by molar-refractivity contribution is 7.85. The van der Waals surface area contributed by atoms with E-state index in [1.165, 1.54) is 57.4 Å². The van der Waals surface area contributed by atoms with Gasteiger partial charge >= 0.3 is 0 Å². The molecule has 1 aromatic carbocycles. The van der Waals surface area contributed by atoms with Gasteiger partial charge in [0.25, 0.3) is 10.1 Å². The second-order valence-electron chi connectivity index (χ2n) is 6.63. The summed E-state index contributed by atoms with van der Waals surface area (Å²) in [5.74, 6) is 0. The molecule has 1 fully saturated rings. The first-order chi connectivity index (χ1) is 12.1. The zero-order chi connectivity index (χ0) is 18.4. The van der Waals surface area contributed by atoms with Crippen molar-refractivity contribution in [2.45, 2.75) is 82.4 Å². The van der Waals surface area contributed by atoms with Crippen LogP contribution in [-0.4, -0.2) is 26.2 Å². The van der Waals surface area contributed by atoms with Crippen molar-refractivity contribution < 1.29 is 17.7 Å². The first-order valence-electron chi connectivity index (χ1n) is 9.69. The molecular formula is C20H34O4S. The molecule has 2 rings (SSSR count). The van der Waals surface area contributed by atoms with E-state index < -0.39 is 10.1 Å². The maximum absolute atomic E-state index is 11.3. The standard InChI is InChI=1S/C18H30O3S.C2H4O/c1-2-3-4-5-6-7-8-9-10-11-14-17-15-12-13-16-18(17)22(19,20)21;1-2-3-1/h12-13,15-16H,2-11,14H2,1H3,(H,19,20,21);1-2H2. The summed E-state index contributed by atoms with van der Waals surface area (Å²) in [6, 6.07) is 6.73. The summed E-state index contributed by atoms with van der Waals surface area (Å²) in [5, 5.41) is 0. The molecule has 144 valence electrons. The van der Waals surface area contributed by atoms with E-state index in [4.69, 9.17) is 0 Å². The van der Waals surface area contributed by atoms with Crippen LogP contribution in [0.2, 0.25) is 0 Å². The van der Waals surface area contributed by atoms with Crippen molar-refractivity contribution in [1.29, 1.82) is 0 Å². The second-order valence-corrected chi connectivity index (χ2v) is 8.02. The van der Waals surface area contributed by atoms with Gasteiger partial charge in [0, 0.05) is 0 Å². The van der Waals surface area contributed by atoms with Gasteiger partial charge in [-0.25, -0.2) is 0 Å². The Labute approximate surface area is 153 Å². The molecule has 1 N–H and O–H groups in total.